The smallest absolute Gasteiger partial charge is 0.320 e. The minimum Gasteiger partial charge on any atom is -0.388 e. The lowest BCUT2D eigenvalue weighted by molar-refractivity contribution is 0.201. The van der Waals surface area contributed by atoms with E-state index in [2.05, 4.69) is 11.1 Å². The van der Waals surface area contributed by atoms with Crippen molar-refractivity contribution >= 4 is 11.7 Å². The summed E-state index contributed by atoms with van der Waals surface area (Å²) in [6.45, 7) is 1.23. The van der Waals surface area contributed by atoms with Gasteiger partial charge in [0, 0.05) is 31.7 Å². The number of aliphatic hydroxyl groups excluding tert-OH is 1. The van der Waals surface area contributed by atoms with Crippen molar-refractivity contribution in [3.63, 3.8) is 0 Å². The van der Waals surface area contributed by atoms with Crippen LogP contribution >= 0.6 is 0 Å². The first-order valence-electron chi connectivity index (χ1n) is 5.56. The molecule has 1 aromatic rings. The Morgan fingerprint density at radius 2 is 2.41 bits per heavy atom. The van der Waals surface area contributed by atoms with Gasteiger partial charge in [-0.2, -0.15) is 0 Å². The highest BCUT2D eigenvalue weighted by Gasteiger charge is 2.37. The first-order chi connectivity index (χ1) is 8.20. The number of carbonyl (C=O) groups excluding carboxylic acids is 1. The van der Waals surface area contributed by atoms with Crippen molar-refractivity contribution in [3.05, 3.63) is 24.3 Å². The van der Waals surface area contributed by atoms with Crippen LogP contribution in [0.5, 0.6) is 0 Å². The maximum Gasteiger partial charge on any atom is 0.320 e. The third kappa shape index (κ3) is 1.44. The average molecular weight is 234 g/mol. The average Bonchev–Trinajstić information content (AvgIpc) is 2.90. The van der Waals surface area contributed by atoms with Crippen molar-refractivity contribution in [2.24, 2.45) is 0 Å². The summed E-state index contributed by atoms with van der Waals surface area (Å²) in [7, 11) is 1.81. The van der Waals surface area contributed by atoms with Crippen LogP contribution in [0.25, 0.3) is 5.70 Å². The van der Waals surface area contributed by atoms with Crippen LogP contribution in [0.2, 0.25) is 0 Å². The number of carbonyl (C=O) groups is 1. The van der Waals surface area contributed by atoms with Crippen LogP contribution in [-0.4, -0.2) is 56.7 Å². The molecule has 6 heteroatoms. The van der Waals surface area contributed by atoms with Crippen LogP contribution in [0.4, 0.5) is 4.79 Å². The molecule has 0 spiro atoms. The van der Waals surface area contributed by atoms with Gasteiger partial charge in [0.15, 0.2) is 0 Å². The number of nitrogens with zero attached hydrogens (tertiary/aromatic N) is 4. The lowest BCUT2D eigenvalue weighted by Gasteiger charge is -2.22. The van der Waals surface area contributed by atoms with Gasteiger partial charge in [-0.05, 0) is 6.08 Å². The molecular formula is C11H14N4O2. The lowest BCUT2D eigenvalue weighted by Crippen LogP contribution is -2.31. The number of likely N-dealkylation sites (N-methyl/N-ethyl adjacent to an activating group) is 1. The zero-order chi connectivity index (χ0) is 12.0. The third-order valence-corrected chi connectivity index (χ3v) is 3.38. The van der Waals surface area contributed by atoms with Crippen molar-refractivity contribution in [3.8, 4) is 0 Å². The molecule has 0 aromatic carbocycles. The molecule has 1 N–H and O–H groups in total. The molecule has 90 valence electrons. The van der Waals surface area contributed by atoms with Crippen LogP contribution in [0, 0.1) is 0 Å². The molecule has 1 fully saturated rings. The van der Waals surface area contributed by atoms with Gasteiger partial charge >= 0.3 is 6.03 Å². The van der Waals surface area contributed by atoms with Gasteiger partial charge in [0.1, 0.15) is 12.4 Å². The Balaban J connectivity index is 1.97. The maximum absolute atomic E-state index is 11.8. The first kappa shape index (κ1) is 10.3. The van der Waals surface area contributed by atoms with Gasteiger partial charge in [-0.1, -0.05) is 0 Å². The van der Waals surface area contributed by atoms with E-state index in [4.69, 9.17) is 0 Å². The predicted molar refractivity (Wildman–Crippen MR) is 60.9 cm³/mol. The molecule has 2 bridgehead atoms. The maximum atomic E-state index is 11.8. The zero-order valence-corrected chi connectivity index (χ0v) is 9.58. The van der Waals surface area contributed by atoms with Gasteiger partial charge in [0.05, 0.1) is 12.6 Å². The minimum absolute atomic E-state index is 0.0620. The van der Waals surface area contributed by atoms with Crippen molar-refractivity contribution in [2.75, 3.05) is 20.1 Å². The molecule has 0 aliphatic carbocycles. The number of imidazole rings is 1. The van der Waals surface area contributed by atoms with E-state index >= 15 is 0 Å². The zero-order valence-electron chi connectivity index (χ0n) is 9.58. The van der Waals surface area contributed by atoms with Crippen molar-refractivity contribution in [1.82, 2.24) is 19.4 Å². The van der Waals surface area contributed by atoms with Crippen LogP contribution in [0.1, 0.15) is 5.82 Å². The Kier molecular flexibility index (Phi) is 2.19. The Morgan fingerprint density at radius 3 is 3.12 bits per heavy atom. The normalized spacial score (nSPS) is 23.3. The summed E-state index contributed by atoms with van der Waals surface area (Å²) in [5.41, 5.74) is 1.00. The van der Waals surface area contributed by atoms with Gasteiger partial charge in [-0.25, -0.2) is 9.78 Å². The molecule has 2 aliphatic rings. The lowest BCUT2D eigenvalue weighted by atomic mass is 10.1. The van der Waals surface area contributed by atoms with Crippen molar-refractivity contribution in [2.45, 2.75) is 12.6 Å². The van der Waals surface area contributed by atoms with E-state index in [0.717, 1.165) is 12.2 Å². The number of fused-ring (bicyclic) bond motifs is 2. The summed E-state index contributed by atoms with van der Waals surface area (Å²) in [5, 5.41) is 9.19. The van der Waals surface area contributed by atoms with Gasteiger partial charge in [-0.3, -0.25) is 0 Å². The number of rotatable bonds is 2. The fourth-order valence-corrected chi connectivity index (χ4v) is 2.43. The Labute approximate surface area is 98.8 Å². The van der Waals surface area contributed by atoms with Crippen LogP contribution in [-0.2, 0) is 6.61 Å². The molecule has 6 nitrogen and oxygen atoms in total. The molecule has 0 saturated carbocycles. The van der Waals surface area contributed by atoms with E-state index in [0.29, 0.717) is 12.4 Å². The summed E-state index contributed by atoms with van der Waals surface area (Å²) in [5.74, 6) is 0.605. The van der Waals surface area contributed by atoms with Gasteiger partial charge in [-0.15, -0.1) is 0 Å². The molecule has 3 heterocycles. The fraction of sp³-hybridized carbons (Fsp3) is 0.455. The Hall–Kier alpha value is -1.82. The molecule has 3 rings (SSSR count). The van der Waals surface area contributed by atoms with Gasteiger partial charge < -0.3 is 19.5 Å². The fourth-order valence-electron chi connectivity index (χ4n) is 2.43. The topological polar surface area (TPSA) is 61.6 Å². The largest absolute Gasteiger partial charge is 0.388 e. The van der Waals surface area contributed by atoms with Gasteiger partial charge in [0.2, 0.25) is 0 Å². The van der Waals surface area contributed by atoms with Crippen molar-refractivity contribution in [1.29, 1.82) is 0 Å². The number of aromatic nitrogens is 2. The summed E-state index contributed by atoms with van der Waals surface area (Å²) in [6, 6.07) is 0.187. The summed E-state index contributed by atoms with van der Waals surface area (Å²) in [4.78, 5) is 19.4. The van der Waals surface area contributed by atoms with E-state index in [1.807, 2.05) is 17.8 Å². The molecule has 2 aliphatic heterocycles. The Bertz CT molecular complexity index is 493. The third-order valence-electron chi connectivity index (χ3n) is 3.38. The molecule has 17 heavy (non-hydrogen) atoms. The quantitative estimate of drug-likeness (QED) is 0.781. The highest BCUT2D eigenvalue weighted by molar-refractivity contribution is 5.80. The van der Waals surface area contributed by atoms with E-state index in [-0.39, 0.29) is 18.7 Å². The molecule has 0 radical (unpaired) electrons. The number of aliphatic hydroxyl groups is 1. The monoisotopic (exact) mass is 234 g/mol. The number of hydrogen-bond donors (Lipinski definition) is 1. The summed E-state index contributed by atoms with van der Waals surface area (Å²) < 4.78 is 1.85. The molecular weight excluding hydrogens is 220 g/mol. The minimum atomic E-state index is -0.0984. The van der Waals surface area contributed by atoms with E-state index in [1.165, 1.54) is 0 Å². The summed E-state index contributed by atoms with van der Waals surface area (Å²) >= 11 is 0. The number of amides is 2. The summed E-state index contributed by atoms with van der Waals surface area (Å²) in [6.07, 6.45) is 5.54. The van der Waals surface area contributed by atoms with Gasteiger partial charge in [0.25, 0.3) is 0 Å². The van der Waals surface area contributed by atoms with E-state index < -0.39 is 0 Å². The molecule has 2 amide bonds. The molecule has 1 unspecified atom stereocenters. The van der Waals surface area contributed by atoms with E-state index in [1.54, 1.807) is 16.0 Å². The van der Waals surface area contributed by atoms with E-state index in [9.17, 15) is 9.90 Å². The second kappa shape index (κ2) is 3.59. The highest BCUT2D eigenvalue weighted by Crippen LogP contribution is 2.25. The van der Waals surface area contributed by atoms with Crippen LogP contribution in [0.3, 0.4) is 0 Å². The SMILES string of the molecule is CN1C(=O)N2CC(n3ccnc3CO)=CC1C2. The highest BCUT2D eigenvalue weighted by atomic mass is 16.3. The predicted octanol–water partition coefficient (Wildman–Crippen LogP) is -0.0341. The Morgan fingerprint density at radius 1 is 1.59 bits per heavy atom. The second-order valence-electron chi connectivity index (χ2n) is 4.37. The molecule has 1 saturated heterocycles. The molecule has 1 aromatic heterocycles. The molecule has 1 atom stereocenters. The second-order valence-corrected chi connectivity index (χ2v) is 4.37. The number of hydrogen-bond acceptors (Lipinski definition) is 3. The van der Waals surface area contributed by atoms with Crippen LogP contribution < -0.4 is 0 Å². The van der Waals surface area contributed by atoms with Crippen molar-refractivity contribution < 1.29 is 9.90 Å². The first-order valence-corrected chi connectivity index (χ1v) is 5.56. The number of urea groups is 1. The van der Waals surface area contributed by atoms with Crippen LogP contribution in [0.15, 0.2) is 18.5 Å². The standard InChI is InChI=1S/C11H14N4O2/c1-13-8-4-9(6-14(5-8)11(13)17)15-3-2-12-10(15)7-16/h2-4,8,16H,5-7H2,1H3.